The molecule has 3 aromatic rings. The van der Waals surface area contributed by atoms with Crippen molar-refractivity contribution in [1.29, 1.82) is 0 Å². The van der Waals surface area contributed by atoms with E-state index in [1.54, 1.807) is 0 Å². The number of hydrogen-bond donors (Lipinski definition) is 0. The number of para-hydroxylation sites is 2. The molecule has 2 heterocycles. The molecule has 0 bridgehead atoms. The number of ether oxygens (including phenoxy) is 1. The summed E-state index contributed by atoms with van der Waals surface area (Å²) in [7, 11) is 0. The molecule has 25 heavy (non-hydrogen) atoms. The van der Waals surface area contributed by atoms with Gasteiger partial charge in [-0.25, -0.2) is 0 Å². The van der Waals surface area contributed by atoms with Gasteiger partial charge in [-0.1, -0.05) is 0 Å². The summed E-state index contributed by atoms with van der Waals surface area (Å²) in [6, 6.07) is 22.0. The predicted molar refractivity (Wildman–Crippen MR) is 105 cm³/mol. The number of hydrogen-bond acceptors (Lipinski definition) is 2. The van der Waals surface area contributed by atoms with E-state index in [2.05, 4.69) is 72.5 Å². The zero-order valence-corrected chi connectivity index (χ0v) is 15.9. The summed E-state index contributed by atoms with van der Waals surface area (Å²) in [6.07, 6.45) is 2.21. The topological polar surface area (TPSA) is 12.5 Å². The third kappa shape index (κ3) is 2.38. The molecule has 5 rings (SSSR count). The van der Waals surface area contributed by atoms with Crippen LogP contribution in [0.2, 0.25) is 0 Å². The van der Waals surface area contributed by atoms with Gasteiger partial charge in [0.15, 0.2) is 0 Å². The summed E-state index contributed by atoms with van der Waals surface area (Å²) in [5.74, 6) is 1.07. The maximum absolute atomic E-state index is 6.18. The molecule has 3 heteroatoms. The molecule has 0 amide bonds. The molecule has 3 aromatic carbocycles. The van der Waals surface area contributed by atoms with Gasteiger partial charge in [-0.05, 0) is 0 Å². The molecule has 0 saturated carbocycles. The number of benzene rings is 3. The Morgan fingerprint density at radius 1 is 0.840 bits per heavy atom. The quantitative estimate of drug-likeness (QED) is 0.458. The fourth-order valence-electron chi connectivity index (χ4n) is 3.75. The van der Waals surface area contributed by atoms with Crippen molar-refractivity contribution in [2.45, 2.75) is 19.8 Å². The van der Waals surface area contributed by atoms with Crippen LogP contribution in [0.25, 0.3) is 0 Å². The minimum absolute atomic E-state index is 0.343. The SMILES string of the molecule is Cc1ccc(N2c3ccccc3[Se]c3ccccc32)c2c1CCCO2. The number of rotatable bonds is 1. The molecule has 0 spiro atoms. The predicted octanol–water partition coefficient (Wildman–Crippen LogP) is 3.76. The maximum atomic E-state index is 6.18. The molecule has 124 valence electrons. The molecule has 0 atom stereocenters. The van der Waals surface area contributed by atoms with Crippen LogP contribution in [-0.4, -0.2) is 21.6 Å². The van der Waals surface area contributed by atoms with Crippen LogP contribution in [0.1, 0.15) is 17.5 Å². The van der Waals surface area contributed by atoms with Crippen LogP contribution in [0.4, 0.5) is 17.1 Å². The van der Waals surface area contributed by atoms with E-state index in [1.807, 2.05) is 0 Å². The Morgan fingerprint density at radius 3 is 2.24 bits per heavy atom. The number of aryl methyl sites for hydroxylation is 1. The molecule has 2 aliphatic heterocycles. The minimum atomic E-state index is 0.343. The molecule has 0 aliphatic carbocycles. The van der Waals surface area contributed by atoms with Gasteiger partial charge in [-0.2, -0.15) is 0 Å². The summed E-state index contributed by atoms with van der Waals surface area (Å²) in [4.78, 5) is 2.40. The molecule has 0 N–H and O–H groups in total. The summed E-state index contributed by atoms with van der Waals surface area (Å²) in [5, 5.41) is 0. The van der Waals surface area contributed by atoms with Gasteiger partial charge in [0.1, 0.15) is 0 Å². The number of fused-ring (bicyclic) bond motifs is 3. The number of anilines is 3. The second kappa shape index (κ2) is 5.94. The van der Waals surface area contributed by atoms with Crippen LogP contribution in [0, 0.1) is 6.92 Å². The third-order valence-corrected chi connectivity index (χ3v) is 7.34. The van der Waals surface area contributed by atoms with E-state index in [-0.39, 0.29) is 0 Å². The average molecular weight is 392 g/mol. The van der Waals surface area contributed by atoms with Crippen LogP contribution >= 0.6 is 0 Å². The van der Waals surface area contributed by atoms with Gasteiger partial charge in [-0.3, -0.25) is 0 Å². The summed E-state index contributed by atoms with van der Waals surface area (Å²) < 4.78 is 9.04. The van der Waals surface area contributed by atoms with Crippen molar-refractivity contribution in [1.82, 2.24) is 0 Å². The summed E-state index contributed by atoms with van der Waals surface area (Å²) in [6.45, 7) is 3.00. The zero-order valence-electron chi connectivity index (χ0n) is 14.2. The van der Waals surface area contributed by atoms with Gasteiger partial charge < -0.3 is 0 Å². The molecule has 0 saturated heterocycles. The molecule has 2 aliphatic rings. The van der Waals surface area contributed by atoms with Gasteiger partial charge in [-0.15, -0.1) is 0 Å². The standard InChI is InChI=1S/C22H19NOSe/c1-15-12-13-19(22-16(15)7-6-14-24-22)23-17-8-2-4-10-20(17)25-21-11-5-3-9-18(21)23/h2-5,8-13H,6-7,14H2,1H3. The van der Waals surface area contributed by atoms with Gasteiger partial charge in [0.25, 0.3) is 0 Å². The first-order valence-electron chi connectivity index (χ1n) is 8.74. The number of nitrogens with zero attached hydrogens (tertiary/aromatic N) is 1. The van der Waals surface area contributed by atoms with E-state index in [1.165, 1.54) is 37.1 Å². The van der Waals surface area contributed by atoms with Crippen LogP contribution in [0.5, 0.6) is 5.75 Å². The van der Waals surface area contributed by atoms with E-state index in [0.717, 1.165) is 25.2 Å². The molecule has 0 fully saturated rings. The van der Waals surface area contributed by atoms with Crippen molar-refractivity contribution in [2.24, 2.45) is 0 Å². The van der Waals surface area contributed by atoms with Crippen molar-refractivity contribution in [3.8, 4) is 5.75 Å². The van der Waals surface area contributed by atoms with E-state index < -0.39 is 0 Å². The monoisotopic (exact) mass is 393 g/mol. The Morgan fingerprint density at radius 2 is 1.52 bits per heavy atom. The third-order valence-electron chi connectivity index (χ3n) is 4.96. The molecular weight excluding hydrogens is 373 g/mol. The van der Waals surface area contributed by atoms with E-state index in [4.69, 9.17) is 4.74 Å². The second-order valence-corrected chi connectivity index (χ2v) is 8.81. The normalized spacial score (nSPS) is 15.0. The van der Waals surface area contributed by atoms with Crippen LogP contribution in [-0.2, 0) is 6.42 Å². The fraction of sp³-hybridized carbons (Fsp3) is 0.182. The van der Waals surface area contributed by atoms with Crippen molar-refractivity contribution >= 4 is 40.9 Å². The Balaban J connectivity index is 1.78. The molecular formula is C22H19NOSe. The van der Waals surface area contributed by atoms with Crippen molar-refractivity contribution < 1.29 is 4.74 Å². The Labute approximate surface area is 154 Å². The Kier molecular flexibility index (Phi) is 3.58. The van der Waals surface area contributed by atoms with Crippen LogP contribution < -0.4 is 18.6 Å². The first-order valence-corrected chi connectivity index (χ1v) is 10.5. The van der Waals surface area contributed by atoms with E-state index in [9.17, 15) is 0 Å². The van der Waals surface area contributed by atoms with Gasteiger partial charge in [0.05, 0.1) is 0 Å². The van der Waals surface area contributed by atoms with Crippen LogP contribution in [0.15, 0.2) is 60.7 Å². The summed E-state index contributed by atoms with van der Waals surface area (Å²) in [5.41, 5.74) is 6.47. The van der Waals surface area contributed by atoms with Crippen LogP contribution in [0.3, 0.4) is 0 Å². The second-order valence-electron chi connectivity index (χ2n) is 6.53. The molecule has 0 radical (unpaired) electrons. The molecule has 0 aromatic heterocycles. The Bertz CT molecular complexity index is 920. The van der Waals surface area contributed by atoms with Crippen molar-refractivity contribution in [2.75, 3.05) is 11.5 Å². The zero-order chi connectivity index (χ0) is 16.8. The van der Waals surface area contributed by atoms with Gasteiger partial charge in [0, 0.05) is 0 Å². The Hall–Kier alpha value is -2.22. The first-order chi connectivity index (χ1) is 12.3. The molecule has 0 unspecified atom stereocenters. The fourth-order valence-corrected chi connectivity index (χ4v) is 5.97. The van der Waals surface area contributed by atoms with Gasteiger partial charge >= 0.3 is 154 Å². The van der Waals surface area contributed by atoms with Crippen molar-refractivity contribution in [3.63, 3.8) is 0 Å². The first kappa shape index (κ1) is 15.1. The summed E-state index contributed by atoms with van der Waals surface area (Å²) >= 11 is 0.343. The molecule has 2 nitrogen and oxygen atoms in total. The van der Waals surface area contributed by atoms with E-state index >= 15 is 0 Å². The average Bonchev–Trinajstić information content (AvgIpc) is 2.67. The van der Waals surface area contributed by atoms with Crippen molar-refractivity contribution in [3.05, 3.63) is 71.8 Å². The van der Waals surface area contributed by atoms with E-state index in [0.29, 0.717) is 15.0 Å². The van der Waals surface area contributed by atoms with Gasteiger partial charge in [0.2, 0.25) is 0 Å².